The number of nitrogens with zero attached hydrogens (tertiary/aromatic N) is 2. The second-order valence-corrected chi connectivity index (χ2v) is 7.16. The molecule has 2 unspecified atom stereocenters. The molecule has 0 saturated carbocycles. The predicted molar refractivity (Wildman–Crippen MR) is 95.8 cm³/mol. The van der Waals surface area contributed by atoms with Crippen molar-refractivity contribution in [3.63, 3.8) is 0 Å². The average molecular weight is 333 g/mol. The van der Waals surface area contributed by atoms with E-state index in [1.54, 1.807) is 6.07 Å². The summed E-state index contributed by atoms with van der Waals surface area (Å²) in [7, 11) is 0. The van der Waals surface area contributed by atoms with Gasteiger partial charge in [-0.25, -0.2) is 0 Å². The summed E-state index contributed by atoms with van der Waals surface area (Å²) < 4.78 is 1.90. The Kier molecular flexibility index (Phi) is 3.10. The summed E-state index contributed by atoms with van der Waals surface area (Å²) in [6.45, 7) is 2.11. The number of hydrogen-bond acceptors (Lipinski definition) is 2. The Hall–Kier alpha value is -2.82. The first-order valence-corrected chi connectivity index (χ1v) is 8.76. The number of hydrogen-bond donors (Lipinski definition) is 1. The summed E-state index contributed by atoms with van der Waals surface area (Å²) in [6, 6.07) is 13.4. The fraction of sp³-hybridized carbons (Fsp3) is 0.300. The van der Waals surface area contributed by atoms with E-state index in [-0.39, 0.29) is 17.4 Å². The number of aromatic nitrogens is 2. The van der Waals surface area contributed by atoms with Crippen molar-refractivity contribution in [2.24, 2.45) is 5.92 Å². The van der Waals surface area contributed by atoms with Gasteiger partial charge in [-0.2, -0.15) is 0 Å². The molecule has 1 aromatic carbocycles. The molecule has 0 aliphatic carbocycles. The third kappa shape index (κ3) is 2.22. The smallest absolute Gasteiger partial charge is 0.256 e. The topological polar surface area (TPSA) is 58.1 Å². The van der Waals surface area contributed by atoms with Crippen molar-refractivity contribution < 1.29 is 4.79 Å². The van der Waals surface area contributed by atoms with E-state index in [1.807, 2.05) is 52.1 Å². The van der Waals surface area contributed by atoms with Crippen LogP contribution in [0.3, 0.4) is 0 Å². The lowest BCUT2D eigenvalue weighted by atomic mass is 9.83. The minimum Gasteiger partial charge on any atom is -0.360 e. The number of likely N-dealkylation sites (tertiary alicyclic amines) is 1. The normalized spacial score (nSPS) is 22.0. The van der Waals surface area contributed by atoms with Crippen LogP contribution in [0.15, 0.2) is 53.5 Å². The minimum atomic E-state index is 0.0728. The zero-order chi connectivity index (χ0) is 17.0. The summed E-state index contributed by atoms with van der Waals surface area (Å²) in [5.74, 6) is 0.676. The molecule has 5 heteroatoms. The van der Waals surface area contributed by atoms with Crippen LogP contribution in [-0.2, 0) is 6.54 Å². The van der Waals surface area contributed by atoms with Gasteiger partial charge in [0.15, 0.2) is 0 Å². The lowest BCUT2D eigenvalue weighted by molar-refractivity contribution is 0.0596. The van der Waals surface area contributed by atoms with E-state index in [2.05, 4.69) is 4.98 Å². The molecule has 3 aromatic rings. The van der Waals surface area contributed by atoms with Crippen LogP contribution < -0.4 is 5.56 Å². The Morgan fingerprint density at radius 3 is 2.84 bits per heavy atom. The lowest BCUT2D eigenvalue weighted by Gasteiger charge is -2.42. The van der Waals surface area contributed by atoms with E-state index in [0.717, 1.165) is 35.1 Å². The first-order chi connectivity index (χ1) is 12.2. The van der Waals surface area contributed by atoms with Crippen molar-refractivity contribution in [2.75, 3.05) is 13.1 Å². The number of carbonyl (C=O) groups is 1. The molecule has 0 radical (unpaired) electrons. The number of benzene rings is 1. The quantitative estimate of drug-likeness (QED) is 0.744. The Labute approximate surface area is 144 Å². The van der Waals surface area contributed by atoms with Crippen LogP contribution in [0.1, 0.15) is 28.4 Å². The minimum absolute atomic E-state index is 0.0728. The Balaban J connectivity index is 1.49. The van der Waals surface area contributed by atoms with E-state index in [1.165, 1.54) is 0 Å². The van der Waals surface area contributed by atoms with Crippen LogP contribution in [0.25, 0.3) is 10.9 Å². The number of piperidine rings is 1. The zero-order valence-electron chi connectivity index (χ0n) is 13.8. The van der Waals surface area contributed by atoms with Gasteiger partial charge in [-0.3, -0.25) is 9.59 Å². The van der Waals surface area contributed by atoms with Gasteiger partial charge in [0, 0.05) is 54.4 Å². The number of H-pyrrole nitrogens is 1. The fourth-order valence-corrected chi connectivity index (χ4v) is 4.48. The molecular weight excluding hydrogens is 314 g/mol. The number of rotatable bonds is 1. The largest absolute Gasteiger partial charge is 0.360 e. The molecule has 0 spiro atoms. The molecule has 5 rings (SSSR count). The van der Waals surface area contributed by atoms with Crippen molar-refractivity contribution in [3.8, 4) is 0 Å². The number of nitrogens with one attached hydrogen (secondary N) is 1. The first-order valence-electron chi connectivity index (χ1n) is 8.76. The van der Waals surface area contributed by atoms with E-state index >= 15 is 0 Å². The molecule has 2 aliphatic heterocycles. The first kappa shape index (κ1) is 14.5. The maximum atomic E-state index is 13.1. The van der Waals surface area contributed by atoms with Gasteiger partial charge < -0.3 is 14.5 Å². The van der Waals surface area contributed by atoms with Gasteiger partial charge >= 0.3 is 0 Å². The fourth-order valence-electron chi connectivity index (χ4n) is 4.48. The Bertz CT molecular complexity index is 1030. The summed E-state index contributed by atoms with van der Waals surface area (Å²) in [6.07, 6.45) is 2.87. The van der Waals surface area contributed by atoms with Crippen LogP contribution in [0.5, 0.6) is 0 Å². The van der Waals surface area contributed by atoms with Gasteiger partial charge in [0.2, 0.25) is 0 Å². The second kappa shape index (κ2) is 5.34. The van der Waals surface area contributed by atoms with Crippen LogP contribution in [0.2, 0.25) is 0 Å². The van der Waals surface area contributed by atoms with Crippen molar-refractivity contribution in [1.82, 2.24) is 14.5 Å². The Morgan fingerprint density at radius 2 is 1.92 bits per heavy atom. The average Bonchev–Trinajstić information content (AvgIpc) is 3.06. The molecule has 1 fully saturated rings. The molecule has 2 bridgehead atoms. The molecule has 2 aliphatic rings. The van der Waals surface area contributed by atoms with Crippen LogP contribution >= 0.6 is 0 Å². The molecule has 5 nitrogen and oxygen atoms in total. The number of aromatic amines is 1. The number of carbonyl (C=O) groups excluding carboxylic acids is 1. The highest BCUT2D eigenvalue weighted by molar-refractivity contribution is 6.06. The molecular formula is C20H19N3O2. The molecule has 126 valence electrons. The highest BCUT2D eigenvalue weighted by Gasteiger charge is 2.36. The zero-order valence-corrected chi connectivity index (χ0v) is 13.8. The molecule has 1 amide bonds. The number of fused-ring (bicyclic) bond motifs is 5. The number of pyridine rings is 1. The van der Waals surface area contributed by atoms with E-state index < -0.39 is 0 Å². The van der Waals surface area contributed by atoms with Gasteiger partial charge in [-0.15, -0.1) is 0 Å². The molecule has 25 heavy (non-hydrogen) atoms. The standard InChI is InChI=1S/C20H19N3O2/c24-19-7-3-6-18-14-8-13(11-23(18)19)10-22(12-14)20(25)16-9-21-17-5-2-1-4-15(16)17/h1-7,9,13-14,21H,8,10-12H2. The second-order valence-electron chi connectivity index (χ2n) is 7.16. The van der Waals surface area contributed by atoms with Crippen molar-refractivity contribution in [3.05, 3.63) is 70.3 Å². The van der Waals surface area contributed by atoms with Crippen LogP contribution in [-0.4, -0.2) is 33.4 Å². The monoisotopic (exact) mass is 333 g/mol. The SMILES string of the molecule is O=C(c1c[nH]c2ccccc12)N1CC2CC(C1)c1cccc(=O)n1C2. The van der Waals surface area contributed by atoms with Crippen LogP contribution in [0.4, 0.5) is 0 Å². The van der Waals surface area contributed by atoms with Gasteiger partial charge in [0.25, 0.3) is 11.5 Å². The summed E-state index contributed by atoms with van der Waals surface area (Å²) in [5, 5.41) is 0.972. The van der Waals surface area contributed by atoms with Crippen molar-refractivity contribution in [1.29, 1.82) is 0 Å². The van der Waals surface area contributed by atoms with Gasteiger partial charge in [-0.05, 0) is 24.5 Å². The van der Waals surface area contributed by atoms with E-state index in [4.69, 9.17) is 0 Å². The molecule has 4 heterocycles. The number of para-hydroxylation sites is 1. The molecule has 2 atom stereocenters. The Morgan fingerprint density at radius 1 is 1.04 bits per heavy atom. The summed E-state index contributed by atoms with van der Waals surface area (Å²) >= 11 is 0. The van der Waals surface area contributed by atoms with E-state index in [9.17, 15) is 9.59 Å². The van der Waals surface area contributed by atoms with E-state index in [0.29, 0.717) is 19.0 Å². The van der Waals surface area contributed by atoms with Crippen molar-refractivity contribution in [2.45, 2.75) is 18.9 Å². The molecule has 1 N–H and O–H groups in total. The highest BCUT2D eigenvalue weighted by atomic mass is 16.2. The molecule has 1 saturated heterocycles. The van der Waals surface area contributed by atoms with Crippen molar-refractivity contribution >= 4 is 16.8 Å². The van der Waals surface area contributed by atoms with Gasteiger partial charge in [0.1, 0.15) is 0 Å². The maximum Gasteiger partial charge on any atom is 0.256 e. The molecule has 2 aromatic heterocycles. The number of amides is 1. The third-order valence-corrected chi connectivity index (χ3v) is 5.59. The third-order valence-electron chi connectivity index (χ3n) is 5.59. The predicted octanol–water partition coefficient (Wildman–Crippen LogP) is 2.59. The summed E-state index contributed by atoms with van der Waals surface area (Å²) in [5.41, 5.74) is 2.87. The maximum absolute atomic E-state index is 13.1. The summed E-state index contributed by atoms with van der Waals surface area (Å²) in [4.78, 5) is 30.4. The van der Waals surface area contributed by atoms with Gasteiger partial charge in [0.05, 0.1) is 5.56 Å². The van der Waals surface area contributed by atoms with Crippen LogP contribution in [0, 0.1) is 5.92 Å². The highest BCUT2D eigenvalue weighted by Crippen LogP contribution is 2.35. The lowest BCUT2D eigenvalue weighted by Crippen LogP contribution is -2.49. The van der Waals surface area contributed by atoms with Gasteiger partial charge in [-0.1, -0.05) is 24.3 Å².